The molecule has 2 rings (SSSR count). The smallest absolute Gasteiger partial charge is 0.315 e. The van der Waals surface area contributed by atoms with Crippen molar-refractivity contribution in [3.05, 3.63) is 0 Å². The van der Waals surface area contributed by atoms with Gasteiger partial charge in [0.1, 0.15) is 5.54 Å². The van der Waals surface area contributed by atoms with Crippen molar-refractivity contribution in [2.45, 2.75) is 57.0 Å². The van der Waals surface area contributed by atoms with Gasteiger partial charge in [-0.2, -0.15) is 0 Å². The van der Waals surface area contributed by atoms with Crippen molar-refractivity contribution in [1.29, 1.82) is 0 Å². The lowest BCUT2D eigenvalue weighted by Gasteiger charge is -2.39. The van der Waals surface area contributed by atoms with Crippen LogP contribution in [0.5, 0.6) is 0 Å². The Labute approximate surface area is 127 Å². The highest BCUT2D eigenvalue weighted by Crippen LogP contribution is 2.32. The van der Waals surface area contributed by atoms with Crippen LogP contribution in [0.25, 0.3) is 0 Å². The van der Waals surface area contributed by atoms with E-state index < -0.39 is 5.54 Å². The van der Waals surface area contributed by atoms with Crippen molar-refractivity contribution in [1.82, 2.24) is 20.9 Å². The number of hydrogen-bond acceptors (Lipinski definition) is 3. The van der Waals surface area contributed by atoms with E-state index in [0.29, 0.717) is 12.6 Å². The molecule has 0 aromatic rings. The van der Waals surface area contributed by atoms with Crippen LogP contribution in [0.4, 0.5) is 4.79 Å². The Balaban J connectivity index is 2.06. The highest BCUT2D eigenvalue weighted by Gasteiger charge is 2.45. The molecule has 0 spiro atoms. The number of rotatable bonds is 4. The van der Waals surface area contributed by atoms with Gasteiger partial charge < -0.3 is 20.9 Å². The third kappa shape index (κ3) is 3.67. The molecule has 0 bridgehead atoms. The number of hydrogen-bond donors (Lipinski definition) is 3. The number of nitrogens with one attached hydrogen (secondary N) is 3. The van der Waals surface area contributed by atoms with Crippen LogP contribution in [0.2, 0.25) is 0 Å². The van der Waals surface area contributed by atoms with Gasteiger partial charge >= 0.3 is 6.03 Å². The number of nitrogens with zero attached hydrogens (tertiary/aromatic N) is 1. The highest BCUT2D eigenvalue weighted by molar-refractivity contribution is 5.91. The van der Waals surface area contributed by atoms with Gasteiger partial charge in [0.05, 0.1) is 0 Å². The molecule has 1 saturated heterocycles. The molecule has 1 heterocycles. The molecule has 1 atom stereocenters. The minimum absolute atomic E-state index is 0.103. The van der Waals surface area contributed by atoms with E-state index in [9.17, 15) is 9.59 Å². The molecule has 2 aliphatic rings. The van der Waals surface area contributed by atoms with Gasteiger partial charge in [0.15, 0.2) is 0 Å². The third-order valence-electron chi connectivity index (χ3n) is 4.67. The predicted molar refractivity (Wildman–Crippen MR) is 82.1 cm³/mol. The third-order valence-corrected chi connectivity index (χ3v) is 4.67. The van der Waals surface area contributed by atoms with Gasteiger partial charge in [-0.3, -0.25) is 4.79 Å². The second kappa shape index (κ2) is 7.11. The van der Waals surface area contributed by atoms with Crippen LogP contribution in [0.1, 0.15) is 45.4 Å². The summed E-state index contributed by atoms with van der Waals surface area (Å²) in [5.41, 5.74) is -0.686. The van der Waals surface area contributed by atoms with E-state index in [4.69, 9.17) is 0 Å². The van der Waals surface area contributed by atoms with Crippen LogP contribution in [-0.2, 0) is 4.79 Å². The summed E-state index contributed by atoms with van der Waals surface area (Å²) in [5, 5.41) is 8.96. The Bertz CT molecular complexity index is 380. The summed E-state index contributed by atoms with van der Waals surface area (Å²) in [4.78, 5) is 26.8. The molecule has 120 valence electrons. The van der Waals surface area contributed by atoms with Crippen LogP contribution < -0.4 is 16.0 Å². The number of likely N-dealkylation sites (tertiary alicyclic amines) is 1. The molecule has 6 nitrogen and oxygen atoms in total. The Morgan fingerprint density at radius 2 is 1.95 bits per heavy atom. The maximum atomic E-state index is 13.0. The zero-order valence-electron chi connectivity index (χ0n) is 13.2. The lowest BCUT2D eigenvalue weighted by atomic mass is 9.93. The first kappa shape index (κ1) is 16.1. The Morgan fingerprint density at radius 1 is 1.24 bits per heavy atom. The molecule has 2 fully saturated rings. The van der Waals surface area contributed by atoms with E-state index in [-0.39, 0.29) is 11.9 Å². The highest BCUT2D eigenvalue weighted by atomic mass is 16.2. The number of likely N-dealkylation sites (N-methyl/N-ethyl adjacent to an activating group) is 1. The molecule has 0 radical (unpaired) electrons. The molecule has 1 aliphatic carbocycles. The van der Waals surface area contributed by atoms with Crippen molar-refractivity contribution in [3.63, 3.8) is 0 Å². The first-order chi connectivity index (χ1) is 10.1. The van der Waals surface area contributed by atoms with Crippen LogP contribution >= 0.6 is 0 Å². The van der Waals surface area contributed by atoms with E-state index in [1.165, 1.54) is 0 Å². The van der Waals surface area contributed by atoms with Crippen LogP contribution in [0.3, 0.4) is 0 Å². The van der Waals surface area contributed by atoms with Crippen molar-refractivity contribution in [2.75, 3.05) is 26.7 Å². The number of carbonyl (C=O) groups is 2. The average molecular weight is 296 g/mol. The first-order valence-electron chi connectivity index (χ1n) is 8.14. The lowest BCUT2D eigenvalue weighted by molar-refractivity contribution is -0.139. The summed E-state index contributed by atoms with van der Waals surface area (Å²) in [6.07, 6.45) is 5.64. The van der Waals surface area contributed by atoms with Gasteiger partial charge in [0.25, 0.3) is 0 Å². The lowest BCUT2D eigenvalue weighted by Crippen LogP contribution is -2.62. The second-order valence-corrected chi connectivity index (χ2v) is 6.15. The summed E-state index contributed by atoms with van der Waals surface area (Å²) < 4.78 is 0. The summed E-state index contributed by atoms with van der Waals surface area (Å²) in [7, 11) is 1.94. The average Bonchev–Trinajstić information content (AvgIpc) is 2.96. The SMILES string of the molecule is CCNC(=O)NC1(C(=O)N2CCCC(NC)C2)CCCC1. The maximum absolute atomic E-state index is 13.0. The van der Waals surface area contributed by atoms with Gasteiger partial charge in [-0.15, -0.1) is 0 Å². The zero-order chi connectivity index (χ0) is 15.3. The summed E-state index contributed by atoms with van der Waals surface area (Å²) in [5.74, 6) is 0.103. The largest absolute Gasteiger partial charge is 0.339 e. The van der Waals surface area contributed by atoms with Gasteiger partial charge in [-0.1, -0.05) is 12.8 Å². The molecule has 1 unspecified atom stereocenters. The molecular weight excluding hydrogens is 268 g/mol. The maximum Gasteiger partial charge on any atom is 0.315 e. The molecule has 3 N–H and O–H groups in total. The summed E-state index contributed by atoms with van der Waals surface area (Å²) in [6, 6.07) is 0.139. The molecule has 3 amide bonds. The molecule has 6 heteroatoms. The minimum atomic E-state index is -0.686. The summed E-state index contributed by atoms with van der Waals surface area (Å²) >= 11 is 0. The van der Waals surface area contributed by atoms with Crippen molar-refractivity contribution < 1.29 is 9.59 Å². The standard InChI is InChI=1S/C15H28N4O2/c1-3-17-14(21)18-15(8-4-5-9-15)13(20)19-10-6-7-12(11-19)16-2/h12,16H,3-11H2,1-2H3,(H2,17,18,21). The predicted octanol–water partition coefficient (Wildman–Crippen LogP) is 0.829. The Hall–Kier alpha value is -1.30. The normalized spacial score (nSPS) is 24.7. The Morgan fingerprint density at radius 3 is 2.57 bits per heavy atom. The topological polar surface area (TPSA) is 73.5 Å². The van der Waals surface area contributed by atoms with E-state index in [1.54, 1.807) is 0 Å². The van der Waals surface area contributed by atoms with E-state index in [2.05, 4.69) is 16.0 Å². The fourth-order valence-corrected chi connectivity index (χ4v) is 3.49. The molecule has 21 heavy (non-hydrogen) atoms. The second-order valence-electron chi connectivity index (χ2n) is 6.15. The number of carbonyl (C=O) groups excluding carboxylic acids is 2. The minimum Gasteiger partial charge on any atom is -0.339 e. The van der Waals surface area contributed by atoms with Gasteiger partial charge in [-0.25, -0.2) is 4.79 Å². The van der Waals surface area contributed by atoms with E-state index in [1.807, 2.05) is 18.9 Å². The quantitative estimate of drug-likeness (QED) is 0.719. The van der Waals surface area contributed by atoms with Crippen LogP contribution in [-0.4, -0.2) is 55.1 Å². The van der Waals surface area contributed by atoms with Crippen molar-refractivity contribution in [2.24, 2.45) is 0 Å². The fraction of sp³-hybridized carbons (Fsp3) is 0.867. The number of amides is 3. The van der Waals surface area contributed by atoms with Gasteiger partial charge in [-0.05, 0) is 39.7 Å². The monoisotopic (exact) mass is 296 g/mol. The molecule has 1 saturated carbocycles. The molecule has 0 aromatic heterocycles. The van der Waals surface area contributed by atoms with E-state index >= 15 is 0 Å². The first-order valence-corrected chi connectivity index (χ1v) is 8.14. The van der Waals surface area contributed by atoms with Gasteiger partial charge in [0, 0.05) is 25.7 Å². The van der Waals surface area contributed by atoms with Crippen molar-refractivity contribution >= 4 is 11.9 Å². The summed E-state index contributed by atoms with van der Waals surface area (Å²) in [6.45, 7) is 4.00. The zero-order valence-corrected chi connectivity index (χ0v) is 13.2. The number of urea groups is 1. The van der Waals surface area contributed by atoms with Gasteiger partial charge in [0.2, 0.25) is 5.91 Å². The van der Waals surface area contributed by atoms with E-state index in [0.717, 1.165) is 51.6 Å². The molecular formula is C15H28N4O2. The fourth-order valence-electron chi connectivity index (χ4n) is 3.49. The van der Waals surface area contributed by atoms with Crippen LogP contribution in [0, 0.1) is 0 Å². The van der Waals surface area contributed by atoms with Crippen molar-refractivity contribution in [3.8, 4) is 0 Å². The number of piperidine rings is 1. The van der Waals surface area contributed by atoms with Crippen LogP contribution in [0.15, 0.2) is 0 Å². The Kier molecular flexibility index (Phi) is 5.45. The molecule has 1 aliphatic heterocycles. The molecule has 0 aromatic carbocycles.